The Hall–Kier alpha value is -0.710. The topological polar surface area (TPSA) is 104 Å². The van der Waals surface area contributed by atoms with Gasteiger partial charge in [-0.25, -0.2) is 26.3 Å². The second-order valence-electron chi connectivity index (χ2n) is 5.12. The summed E-state index contributed by atoms with van der Waals surface area (Å²) in [6.45, 7) is 3.43. The molecule has 3 N–H and O–H groups in total. The molecule has 2 rings (SSSR count). The average Bonchev–Trinajstić information content (AvgIpc) is 3.27. The number of rotatable bonds is 9. The summed E-state index contributed by atoms with van der Waals surface area (Å²) < 4.78 is 53.5. The highest BCUT2D eigenvalue weighted by atomic mass is 35.5. The Labute approximate surface area is 143 Å². The predicted octanol–water partition coefficient (Wildman–Crippen LogP) is 0.437. The maximum atomic E-state index is 12.2. The molecule has 1 aromatic rings. The number of hydrogen-bond acceptors (Lipinski definition) is 5. The van der Waals surface area contributed by atoms with Crippen LogP contribution in [0, 0.1) is 0 Å². The van der Waals surface area contributed by atoms with Gasteiger partial charge in [-0.3, -0.25) is 0 Å². The molecular weight excluding hydrogens is 362 g/mol. The van der Waals surface area contributed by atoms with Crippen molar-refractivity contribution in [3.63, 3.8) is 0 Å². The van der Waals surface area contributed by atoms with Crippen LogP contribution in [0.3, 0.4) is 0 Å². The molecule has 0 amide bonds. The van der Waals surface area contributed by atoms with E-state index in [2.05, 4.69) is 14.8 Å². The van der Waals surface area contributed by atoms with Crippen LogP contribution in [-0.4, -0.2) is 42.5 Å². The van der Waals surface area contributed by atoms with Crippen LogP contribution >= 0.6 is 12.4 Å². The van der Waals surface area contributed by atoms with Gasteiger partial charge in [-0.05, 0) is 37.6 Å². The van der Waals surface area contributed by atoms with Crippen LogP contribution in [0.5, 0.6) is 0 Å². The van der Waals surface area contributed by atoms with Gasteiger partial charge in [0, 0.05) is 19.1 Å². The smallest absolute Gasteiger partial charge is 0.240 e. The van der Waals surface area contributed by atoms with E-state index in [9.17, 15) is 16.8 Å². The minimum absolute atomic E-state index is 0. The Kier molecular flexibility index (Phi) is 7.43. The Morgan fingerprint density at radius 3 is 2.22 bits per heavy atom. The highest BCUT2D eigenvalue weighted by Gasteiger charge is 2.28. The van der Waals surface area contributed by atoms with Crippen LogP contribution < -0.4 is 14.8 Å². The van der Waals surface area contributed by atoms with Gasteiger partial charge in [0.25, 0.3) is 0 Å². The Bertz CT molecular complexity index is 718. The van der Waals surface area contributed by atoms with Crippen molar-refractivity contribution in [1.82, 2.24) is 14.8 Å². The van der Waals surface area contributed by atoms with Gasteiger partial charge in [-0.15, -0.1) is 12.4 Å². The first-order valence-electron chi connectivity index (χ1n) is 7.18. The molecule has 0 bridgehead atoms. The van der Waals surface area contributed by atoms with Crippen molar-refractivity contribution < 1.29 is 16.8 Å². The first-order chi connectivity index (χ1) is 10.3. The lowest BCUT2D eigenvalue weighted by Gasteiger charge is -2.09. The fourth-order valence-corrected chi connectivity index (χ4v) is 4.33. The van der Waals surface area contributed by atoms with E-state index >= 15 is 0 Å². The van der Waals surface area contributed by atoms with E-state index in [1.54, 1.807) is 0 Å². The molecule has 0 heterocycles. The number of benzene rings is 1. The zero-order chi connectivity index (χ0) is 16.2. The van der Waals surface area contributed by atoms with Crippen molar-refractivity contribution in [3.8, 4) is 0 Å². The third kappa shape index (κ3) is 6.02. The van der Waals surface area contributed by atoms with Crippen molar-refractivity contribution in [2.24, 2.45) is 0 Å². The standard InChI is InChI=1S/C13H21N3O4S2.ClH/c1-2-14-8-9-15-21(17,18)12-4-3-5-13(10-12)22(19,20)16-11-6-7-11;/h3-5,10-11,14-16H,2,6-9H2,1H3;1H. The fraction of sp³-hybridized carbons (Fsp3) is 0.538. The maximum Gasteiger partial charge on any atom is 0.240 e. The van der Waals surface area contributed by atoms with E-state index in [0.29, 0.717) is 6.54 Å². The Morgan fingerprint density at radius 2 is 1.65 bits per heavy atom. The molecule has 0 aromatic heterocycles. The normalized spacial score (nSPS) is 15.2. The summed E-state index contributed by atoms with van der Waals surface area (Å²) in [4.78, 5) is -0.0865. The lowest BCUT2D eigenvalue weighted by atomic mass is 10.4. The molecule has 0 saturated heterocycles. The molecule has 1 fully saturated rings. The number of likely N-dealkylation sites (N-methyl/N-ethyl adjacent to an activating group) is 1. The van der Waals surface area contributed by atoms with Crippen molar-refractivity contribution in [2.75, 3.05) is 19.6 Å². The number of halogens is 1. The second kappa shape index (κ2) is 8.41. The molecule has 0 aliphatic heterocycles. The van der Waals surface area contributed by atoms with Gasteiger partial charge in [0.05, 0.1) is 9.79 Å². The summed E-state index contributed by atoms with van der Waals surface area (Å²) in [6.07, 6.45) is 1.65. The summed E-state index contributed by atoms with van der Waals surface area (Å²) in [5.41, 5.74) is 0. The minimum atomic E-state index is -3.72. The summed E-state index contributed by atoms with van der Waals surface area (Å²) in [5, 5.41) is 3.00. The molecule has 0 radical (unpaired) electrons. The minimum Gasteiger partial charge on any atom is -0.316 e. The van der Waals surface area contributed by atoms with Crippen LogP contribution in [0.2, 0.25) is 0 Å². The van der Waals surface area contributed by atoms with Crippen molar-refractivity contribution in [3.05, 3.63) is 24.3 Å². The molecule has 1 aliphatic carbocycles. The Morgan fingerprint density at radius 1 is 1.04 bits per heavy atom. The van der Waals surface area contributed by atoms with E-state index in [1.807, 2.05) is 6.92 Å². The van der Waals surface area contributed by atoms with Gasteiger partial charge in [0.15, 0.2) is 0 Å². The molecular formula is C13H22ClN3O4S2. The molecule has 1 saturated carbocycles. The lowest BCUT2D eigenvalue weighted by Crippen LogP contribution is -2.32. The number of hydrogen-bond donors (Lipinski definition) is 3. The van der Waals surface area contributed by atoms with E-state index in [1.165, 1.54) is 24.3 Å². The van der Waals surface area contributed by atoms with Gasteiger partial charge in [-0.2, -0.15) is 0 Å². The predicted molar refractivity (Wildman–Crippen MR) is 90.8 cm³/mol. The van der Waals surface area contributed by atoms with Gasteiger partial charge in [0.2, 0.25) is 20.0 Å². The monoisotopic (exact) mass is 383 g/mol. The Balaban J connectivity index is 0.00000264. The second-order valence-corrected chi connectivity index (χ2v) is 8.60. The van der Waals surface area contributed by atoms with Crippen LogP contribution in [0.15, 0.2) is 34.1 Å². The molecule has 10 heteroatoms. The first kappa shape index (κ1) is 20.3. The number of nitrogens with one attached hydrogen (secondary N) is 3. The first-order valence-corrected chi connectivity index (χ1v) is 10.1. The maximum absolute atomic E-state index is 12.2. The van der Waals surface area contributed by atoms with Gasteiger partial charge < -0.3 is 5.32 Å². The van der Waals surface area contributed by atoms with Gasteiger partial charge in [0.1, 0.15) is 0 Å². The van der Waals surface area contributed by atoms with E-state index in [0.717, 1.165) is 19.4 Å². The van der Waals surface area contributed by atoms with E-state index < -0.39 is 20.0 Å². The largest absolute Gasteiger partial charge is 0.316 e. The van der Waals surface area contributed by atoms with Crippen LogP contribution in [0.4, 0.5) is 0 Å². The van der Waals surface area contributed by atoms with E-state index in [4.69, 9.17) is 0 Å². The summed E-state index contributed by atoms with van der Waals surface area (Å²) in [6, 6.07) is 5.36. The summed E-state index contributed by atoms with van der Waals surface area (Å²) in [7, 11) is -7.38. The summed E-state index contributed by atoms with van der Waals surface area (Å²) >= 11 is 0. The van der Waals surface area contributed by atoms with Gasteiger partial charge in [-0.1, -0.05) is 13.0 Å². The van der Waals surface area contributed by atoms with Crippen LogP contribution in [0.25, 0.3) is 0 Å². The van der Waals surface area contributed by atoms with Crippen molar-refractivity contribution in [1.29, 1.82) is 0 Å². The van der Waals surface area contributed by atoms with E-state index in [-0.39, 0.29) is 34.8 Å². The molecule has 0 atom stereocenters. The third-order valence-electron chi connectivity index (χ3n) is 3.17. The number of sulfonamides is 2. The molecule has 0 unspecified atom stereocenters. The third-order valence-corrected chi connectivity index (χ3v) is 6.15. The molecule has 1 aliphatic rings. The SMILES string of the molecule is CCNCCNS(=O)(=O)c1cccc(S(=O)(=O)NC2CC2)c1.Cl. The fourth-order valence-electron chi connectivity index (χ4n) is 1.83. The zero-order valence-corrected chi connectivity index (χ0v) is 15.2. The van der Waals surface area contributed by atoms with Crippen molar-refractivity contribution >= 4 is 32.5 Å². The average molecular weight is 384 g/mol. The van der Waals surface area contributed by atoms with Crippen LogP contribution in [-0.2, 0) is 20.0 Å². The highest BCUT2D eigenvalue weighted by Crippen LogP contribution is 2.23. The van der Waals surface area contributed by atoms with Crippen molar-refractivity contribution in [2.45, 2.75) is 35.6 Å². The van der Waals surface area contributed by atoms with Gasteiger partial charge >= 0.3 is 0 Å². The highest BCUT2D eigenvalue weighted by molar-refractivity contribution is 7.90. The lowest BCUT2D eigenvalue weighted by molar-refractivity contribution is 0.576. The van der Waals surface area contributed by atoms with Crippen LogP contribution in [0.1, 0.15) is 19.8 Å². The molecule has 1 aromatic carbocycles. The molecule has 7 nitrogen and oxygen atoms in total. The molecule has 132 valence electrons. The summed E-state index contributed by atoms with van der Waals surface area (Å²) in [5.74, 6) is 0. The molecule has 23 heavy (non-hydrogen) atoms. The quantitative estimate of drug-likeness (QED) is 0.536. The zero-order valence-electron chi connectivity index (χ0n) is 12.8. The molecule has 0 spiro atoms.